The van der Waals surface area contributed by atoms with Crippen LogP contribution in [0.15, 0.2) is 0 Å². The summed E-state index contributed by atoms with van der Waals surface area (Å²) < 4.78 is 10.4. The predicted molar refractivity (Wildman–Crippen MR) is 59.8 cm³/mol. The smallest absolute Gasteiger partial charge is 0.224 e. The molecule has 16 heavy (non-hydrogen) atoms. The first-order valence-electron chi connectivity index (χ1n) is 5.51. The molecule has 1 amide bonds. The van der Waals surface area contributed by atoms with E-state index in [1.54, 1.807) is 6.92 Å². The molecule has 0 aliphatic rings. The molecule has 6 heteroatoms. The van der Waals surface area contributed by atoms with Crippen LogP contribution in [0, 0.1) is 0 Å². The van der Waals surface area contributed by atoms with Crippen molar-refractivity contribution in [2.24, 2.45) is 0 Å². The van der Waals surface area contributed by atoms with Crippen LogP contribution < -0.4 is 10.6 Å². The number of aliphatic hydroxyl groups is 1. The van der Waals surface area contributed by atoms with E-state index >= 15 is 0 Å². The van der Waals surface area contributed by atoms with E-state index in [-0.39, 0.29) is 25.2 Å². The van der Waals surface area contributed by atoms with Gasteiger partial charge in [0.1, 0.15) is 6.23 Å². The molecule has 1 atom stereocenters. The van der Waals surface area contributed by atoms with E-state index in [9.17, 15) is 4.79 Å². The first-order chi connectivity index (χ1) is 7.70. The highest BCUT2D eigenvalue weighted by Gasteiger charge is 2.05. The van der Waals surface area contributed by atoms with E-state index in [2.05, 4.69) is 10.6 Å². The molecule has 0 saturated heterocycles. The van der Waals surface area contributed by atoms with Gasteiger partial charge in [-0.15, -0.1) is 0 Å². The Morgan fingerprint density at radius 3 is 2.88 bits per heavy atom. The summed E-state index contributed by atoms with van der Waals surface area (Å²) in [6, 6.07) is 0. The van der Waals surface area contributed by atoms with E-state index in [1.165, 1.54) is 0 Å². The van der Waals surface area contributed by atoms with Crippen molar-refractivity contribution in [2.45, 2.75) is 26.5 Å². The molecule has 0 bridgehead atoms. The van der Waals surface area contributed by atoms with Crippen LogP contribution in [0.1, 0.15) is 20.3 Å². The van der Waals surface area contributed by atoms with E-state index in [0.29, 0.717) is 26.5 Å². The van der Waals surface area contributed by atoms with E-state index in [0.717, 1.165) is 0 Å². The van der Waals surface area contributed by atoms with Gasteiger partial charge in [-0.1, -0.05) is 0 Å². The van der Waals surface area contributed by atoms with Crippen molar-refractivity contribution in [1.82, 2.24) is 10.6 Å². The van der Waals surface area contributed by atoms with Crippen molar-refractivity contribution < 1.29 is 19.4 Å². The molecule has 0 aliphatic carbocycles. The predicted octanol–water partition coefficient (Wildman–Crippen LogP) is -0.569. The fourth-order valence-corrected chi connectivity index (χ4v) is 0.996. The fourth-order valence-electron chi connectivity index (χ4n) is 0.996. The molecule has 0 aromatic rings. The van der Waals surface area contributed by atoms with Crippen LogP contribution in [-0.2, 0) is 14.3 Å². The topological polar surface area (TPSA) is 79.8 Å². The van der Waals surface area contributed by atoms with Gasteiger partial charge in [-0.2, -0.15) is 0 Å². The maximum atomic E-state index is 11.0. The molecular weight excluding hydrogens is 212 g/mol. The van der Waals surface area contributed by atoms with Gasteiger partial charge in [-0.3, -0.25) is 10.1 Å². The van der Waals surface area contributed by atoms with E-state index in [4.69, 9.17) is 14.6 Å². The average Bonchev–Trinajstić information content (AvgIpc) is 2.23. The molecule has 0 fully saturated rings. The molecule has 0 aromatic carbocycles. The first-order valence-corrected chi connectivity index (χ1v) is 5.51. The number of hydrogen-bond donors (Lipinski definition) is 3. The Balaban J connectivity index is 3.29. The van der Waals surface area contributed by atoms with Crippen molar-refractivity contribution >= 4 is 5.91 Å². The number of amides is 1. The molecule has 0 aromatic heterocycles. The molecule has 3 N–H and O–H groups in total. The van der Waals surface area contributed by atoms with Crippen LogP contribution in [0.3, 0.4) is 0 Å². The van der Waals surface area contributed by atoms with Gasteiger partial charge >= 0.3 is 0 Å². The second kappa shape index (κ2) is 10.8. The number of nitrogens with one attached hydrogen (secondary N) is 2. The highest BCUT2D eigenvalue weighted by Crippen LogP contribution is 1.87. The summed E-state index contributed by atoms with van der Waals surface area (Å²) in [6.07, 6.45) is -0.232. The van der Waals surface area contributed by atoms with Crippen LogP contribution in [0.4, 0.5) is 0 Å². The Hall–Kier alpha value is -0.690. The Morgan fingerprint density at radius 2 is 2.25 bits per heavy atom. The zero-order valence-electron chi connectivity index (χ0n) is 9.99. The van der Waals surface area contributed by atoms with Crippen molar-refractivity contribution in [1.29, 1.82) is 0 Å². The van der Waals surface area contributed by atoms with Crippen LogP contribution >= 0.6 is 0 Å². The van der Waals surface area contributed by atoms with Gasteiger partial charge < -0.3 is 19.9 Å². The SMILES string of the molecule is CCOCNCCOC(C)NC(=O)CCO. The van der Waals surface area contributed by atoms with Crippen LogP contribution in [-0.4, -0.2) is 50.3 Å². The van der Waals surface area contributed by atoms with Gasteiger partial charge in [0.05, 0.1) is 19.9 Å². The maximum absolute atomic E-state index is 11.0. The monoisotopic (exact) mass is 234 g/mol. The normalized spacial score (nSPS) is 12.4. The van der Waals surface area contributed by atoms with Crippen LogP contribution in [0.2, 0.25) is 0 Å². The lowest BCUT2D eigenvalue weighted by Gasteiger charge is -2.14. The maximum Gasteiger partial charge on any atom is 0.224 e. The summed E-state index contributed by atoms with van der Waals surface area (Å²) in [4.78, 5) is 11.0. The Bertz CT molecular complexity index is 178. The summed E-state index contributed by atoms with van der Waals surface area (Å²) >= 11 is 0. The lowest BCUT2D eigenvalue weighted by atomic mass is 10.4. The molecule has 0 heterocycles. The van der Waals surface area contributed by atoms with Crippen molar-refractivity contribution in [3.8, 4) is 0 Å². The second-order valence-corrected chi connectivity index (χ2v) is 3.19. The highest BCUT2D eigenvalue weighted by molar-refractivity contribution is 5.76. The summed E-state index contributed by atoms with van der Waals surface area (Å²) in [5, 5.41) is 14.1. The molecule has 0 rings (SSSR count). The van der Waals surface area contributed by atoms with Gasteiger partial charge in [0.2, 0.25) is 5.91 Å². The minimum atomic E-state index is -0.340. The van der Waals surface area contributed by atoms with Crippen LogP contribution in [0.5, 0.6) is 0 Å². The van der Waals surface area contributed by atoms with Crippen molar-refractivity contribution in [3.63, 3.8) is 0 Å². The van der Waals surface area contributed by atoms with Crippen LogP contribution in [0.25, 0.3) is 0 Å². The Morgan fingerprint density at radius 1 is 1.50 bits per heavy atom. The number of carbonyl (C=O) groups is 1. The Kier molecular flexibility index (Phi) is 10.3. The molecule has 0 aliphatic heterocycles. The summed E-state index contributed by atoms with van der Waals surface area (Å²) in [7, 11) is 0. The fraction of sp³-hybridized carbons (Fsp3) is 0.900. The molecule has 0 saturated carbocycles. The van der Waals surface area contributed by atoms with Gasteiger partial charge in [0.15, 0.2) is 0 Å². The van der Waals surface area contributed by atoms with Gasteiger partial charge in [-0.25, -0.2) is 0 Å². The minimum absolute atomic E-state index is 0.107. The van der Waals surface area contributed by atoms with Gasteiger partial charge in [-0.05, 0) is 13.8 Å². The van der Waals surface area contributed by atoms with Crippen molar-refractivity contribution in [2.75, 3.05) is 33.1 Å². The number of rotatable bonds is 10. The average molecular weight is 234 g/mol. The molecule has 1 unspecified atom stereocenters. The highest BCUT2D eigenvalue weighted by atomic mass is 16.5. The number of carbonyl (C=O) groups excluding carboxylic acids is 1. The molecule has 6 nitrogen and oxygen atoms in total. The third kappa shape index (κ3) is 9.85. The zero-order chi connectivity index (χ0) is 12.2. The quantitative estimate of drug-likeness (QED) is 0.348. The summed E-state index contributed by atoms with van der Waals surface area (Å²) in [5.74, 6) is -0.211. The summed E-state index contributed by atoms with van der Waals surface area (Å²) in [5.41, 5.74) is 0. The molecular formula is C10H22N2O4. The number of ether oxygens (including phenoxy) is 2. The largest absolute Gasteiger partial charge is 0.396 e. The lowest BCUT2D eigenvalue weighted by molar-refractivity contribution is -0.125. The first kappa shape index (κ1) is 15.3. The van der Waals surface area contributed by atoms with Gasteiger partial charge in [0, 0.05) is 19.6 Å². The van der Waals surface area contributed by atoms with Gasteiger partial charge in [0.25, 0.3) is 0 Å². The number of aliphatic hydroxyl groups excluding tert-OH is 1. The van der Waals surface area contributed by atoms with E-state index < -0.39 is 0 Å². The molecule has 0 spiro atoms. The van der Waals surface area contributed by atoms with Crippen molar-refractivity contribution in [3.05, 3.63) is 0 Å². The zero-order valence-corrected chi connectivity index (χ0v) is 9.99. The minimum Gasteiger partial charge on any atom is -0.396 e. The standard InChI is InChI=1S/C10H22N2O4/c1-3-15-8-11-5-7-16-9(2)12-10(14)4-6-13/h9,11,13H,3-8H2,1-2H3,(H,12,14). The molecule has 96 valence electrons. The number of hydrogen-bond acceptors (Lipinski definition) is 5. The molecule has 0 radical (unpaired) electrons. The second-order valence-electron chi connectivity index (χ2n) is 3.19. The van der Waals surface area contributed by atoms with E-state index in [1.807, 2.05) is 6.92 Å². The lowest BCUT2D eigenvalue weighted by Crippen LogP contribution is -2.36. The third-order valence-electron chi connectivity index (χ3n) is 1.76. The Labute approximate surface area is 96.3 Å². The third-order valence-corrected chi connectivity index (χ3v) is 1.76. The summed E-state index contributed by atoms with van der Waals surface area (Å²) in [6.45, 7) is 5.88.